The lowest BCUT2D eigenvalue weighted by Gasteiger charge is -2.23. The van der Waals surface area contributed by atoms with Crippen LogP contribution in [0.1, 0.15) is 23.7 Å². The minimum absolute atomic E-state index is 0.177. The predicted molar refractivity (Wildman–Crippen MR) is 66.4 cm³/mol. The van der Waals surface area contributed by atoms with Gasteiger partial charge in [-0.1, -0.05) is 11.6 Å². The van der Waals surface area contributed by atoms with E-state index in [0.717, 1.165) is 31.5 Å². The highest BCUT2D eigenvalue weighted by Crippen LogP contribution is 2.22. The Kier molecular flexibility index (Phi) is 5.29. The van der Waals surface area contributed by atoms with E-state index in [2.05, 4.69) is 4.90 Å². The number of aliphatic hydroxyl groups excluding tert-OH is 1. The van der Waals surface area contributed by atoms with Crippen molar-refractivity contribution in [3.8, 4) is 0 Å². The maximum Gasteiger partial charge on any atom is 0.151 e. The van der Waals surface area contributed by atoms with Crippen molar-refractivity contribution in [2.75, 3.05) is 24.6 Å². The van der Waals surface area contributed by atoms with Crippen LogP contribution < -0.4 is 4.90 Å². The molecule has 0 aromatic heterocycles. The fourth-order valence-corrected chi connectivity index (χ4v) is 1.76. The summed E-state index contributed by atoms with van der Waals surface area (Å²) in [5, 5.41) is 9.26. The molecule has 0 radical (unpaired) electrons. The molecule has 1 N–H and O–H groups in total. The smallest absolute Gasteiger partial charge is 0.151 e. The first-order valence-corrected chi connectivity index (χ1v) is 5.71. The van der Waals surface area contributed by atoms with Gasteiger partial charge in [0.15, 0.2) is 6.29 Å². The standard InChI is InChI=1S/C12H16ClNO2/c1-2-14(6-3-7-15)11-5-4-10(9-16)12(13)8-11/h4-5,8-9,15H,2-3,6-7H2,1H3. The highest BCUT2D eigenvalue weighted by atomic mass is 35.5. The Morgan fingerprint density at radius 2 is 2.25 bits per heavy atom. The lowest BCUT2D eigenvalue weighted by atomic mass is 10.2. The molecule has 88 valence electrons. The number of rotatable bonds is 6. The van der Waals surface area contributed by atoms with Gasteiger partial charge in [0.05, 0.1) is 5.02 Å². The summed E-state index contributed by atoms with van der Waals surface area (Å²) in [7, 11) is 0. The summed E-state index contributed by atoms with van der Waals surface area (Å²) in [6, 6.07) is 5.37. The Morgan fingerprint density at radius 3 is 2.75 bits per heavy atom. The molecule has 1 aromatic rings. The fraction of sp³-hybridized carbons (Fsp3) is 0.417. The quantitative estimate of drug-likeness (QED) is 0.778. The van der Waals surface area contributed by atoms with Gasteiger partial charge in [0.1, 0.15) is 0 Å². The van der Waals surface area contributed by atoms with Gasteiger partial charge in [-0.3, -0.25) is 4.79 Å². The van der Waals surface area contributed by atoms with Crippen molar-refractivity contribution in [3.05, 3.63) is 28.8 Å². The second kappa shape index (κ2) is 6.51. The van der Waals surface area contributed by atoms with Crippen LogP contribution in [0.5, 0.6) is 0 Å². The van der Waals surface area contributed by atoms with E-state index in [4.69, 9.17) is 16.7 Å². The molecule has 1 rings (SSSR count). The van der Waals surface area contributed by atoms with Gasteiger partial charge in [0, 0.05) is 30.9 Å². The number of benzene rings is 1. The molecular formula is C12H16ClNO2. The van der Waals surface area contributed by atoms with Crippen LogP contribution in [0.15, 0.2) is 18.2 Å². The van der Waals surface area contributed by atoms with E-state index in [1.807, 2.05) is 13.0 Å². The Hall–Kier alpha value is -1.06. The van der Waals surface area contributed by atoms with Crippen molar-refractivity contribution >= 4 is 23.6 Å². The van der Waals surface area contributed by atoms with Gasteiger partial charge in [-0.05, 0) is 31.5 Å². The van der Waals surface area contributed by atoms with Crippen LogP contribution in [0.3, 0.4) is 0 Å². The van der Waals surface area contributed by atoms with Crippen LogP contribution in [0.25, 0.3) is 0 Å². The van der Waals surface area contributed by atoms with Crippen LogP contribution in [0.4, 0.5) is 5.69 Å². The second-order valence-corrected chi connectivity index (χ2v) is 3.89. The third-order valence-electron chi connectivity index (χ3n) is 2.44. The van der Waals surface area contributed by atoms with Gasteiger partial charge >= 0.3 is 0 Å². The van der Waals surface area contributed by atoms with Crippen molar-refractivity contribution in [1.82, 2.24) is 0 Å². The number of anilines is 1. The SMILES string of the molecule is CCN(CCCO)c1ccc(C=O)c(Cl)c1. The largest absolute Gasteiger partial charge is 0.396 e. The van der Waals surface area contributed by atoms with Gasteiger partial charge in [0.25, 0.3) is 0 Å². The van der Waals surface area contributed by atoms with Crippen LogP contribution in [-0.2, 0) is 0 Å². The summed E-state index contributed by atoms with van der Waals surface area (Å²) in [6.45, 7) is 3.84. The van der Waals surface area contributed by atoms with Gasteiger partial charge in [-0.15, -0.1) is 0 Å². The van der Waals surface area contributed by atoms with Crippen molar-refractivity contribution < 1.29 is 9.90 Å². The first-order valence-electron chi connectivity index (χ1n) is 5.33. The number of carbonyl (C=O) groups is 1. The first kappa shape index (κ1) is 13.0. The van der Waals surface area contributed by atoms with Crippen LogP contribution in [-0.4, -0.2) is 31.1 Å². The summed E-state index contributed by atoms with van der Waals surface area (Å²) < 4.78 is 0. The minimum Gasteiger partial charge on any atom is -0.396 e. The summed E-state index contributed by atoms with van der Waals surface area (Å²) in [4.78, 5) is 12.7. The zero-order valence-corrected chi connectivity index (χ0v) is 10.1. The maximum atomic E-state index is 10.6. The third-order valence-corrected chi connectivity index (χ3v) is 2.77. The summed E-state index contributed by atoms with van der Waals surface area (Å²) >= 11 is 5.96. The van der Waals surface area contributed by atoms with E-state index < -0.39 is 0 Å². The average molecular weight is 242 g/mol. The zero-order valence-electron chi connectivity index (χ0n) is 9.32. The molecule has 3 nitrogen and oxygen atoms in total. The fourth-order valence-electron chi connectivity index (χ4n) is 1.54. The third kappa shape index (κ3) is 3.22. The first-order chi connectivity index (χ1) is 7.72. The van der Waals surface area contributed by atoms with Crippen LogP contribution >= 0.6 is 11.6 Å². The van der Waals surface area contributed by atoms with E-state index in [9.17, 15) is 4.79 Å². The van der Waals surface area contributed by atoms with Gasteiger partial charge in [0.2, 0.25) is 0 Å². The topological polar surface area (TPSA) is 40.5 Å². The van der Waals surface area contributed by atoms with E-state index in [1.165, 1.54) is 0 Å². The molecule has 0 aliphatic rings. The number of nitrogens with zero attached hydrogens (tertiary/aromatic N) is 1. The Morgan fingerprint density at radius 1 is 1.50 bits per heavy atom. The van der Waals surface area contributed by atoms with E-state index in [-0.39, 0.29) is 6.61 Å². The van der Waals surface area contributed by atoms with Crippen LogP contribution in [0, 0.1) is 0 Å². The lowest BCUT2D eigenvalue weighted by molar-refractivity contribution is 0.112. The van der Waals surface area contributed by atoms with Crippen molar-refractivity contribution in [1.29, 1.82) is 0 Å². The summed E-state index contributed by atoms with van der Waals surface area (Å²) in [5.74, 6) is 0. The number of carbonyl (C=O) groups excluding carboxylic acids is 1. The summed E-state index contributed by atoms with van der Waals surface area (Å²) in [6.07, 6.45) is 1.47. The van der Waals surface area contributed by atoms with Crippen molar-refractivity contribution in [2.24, 2.45) is 0 Å². The highest BCUT2D eigenvalue weighted by Gasteiger charge is 2.06. The number of aldehydes is 1. The zero-order chi connectivity index (χ0) is 12.0. The molecule has 0 aliphatic heterocycles. The number of halogens is 1. The maximum absolute atomic E-state index is 10.6. The highest BCUT2D eigenvalue weighted by molar-refractivity contribution is 6.33. The van der Waals surface area contributed by atoms with E-state index in [0.29, 0.717) is 10.6 Å². The summed E-state index contributed by atoms with van der Waals surface area (Å²) in [5.41, 5.74) is 1.48. The van der Waals surface area contributed by atoms with Gasteiger partial charge in [-0.2, -0.15) is 0 Å². The molecular weight excluding hydrogens is 226 g/mol. The van der Waals surface area contributed by atoms with Gasteiger partial charge < -0.3 is 10.0 Å². The molecule has 1 aromatic carbocycles. The predicted octanol–water partition coefficient (Wildman–Crippen LogP) is 2.36. The van der Waals surface area contributed by atoms with E-state index in [1.54, 1.807) is 12.1 Å². The Balaban J connectivity index is 2.84. The number of hydrogen-bond donors (Lipinski definition) is 1. The molecule has 0 atom stereocenters. The molecule has 0 fully saturated rings. The Bertz CT molecular complexity index is 355. The molecule has 0 spiro atoms. The molecule has 0 saturated carbocycles. The van der Waals surface area contributed by atoms with Crippen molar-refractivity contribution in [2.45, 2.75) is 13.3 Å². The van der Waals surface area contributed by atoms with Crippen molar-refractivity contribution in [3.63, 3.8) is 0 Å². The monoisotopic (exact) mass is 241 g/mol. The normalized spacial score (nSPS) is 10.2. The molecule has 0 saturated heterocycles. The second-order valence-electron chi connectivity index (χ2n) is 3.48. The van der Waals surface area contributed by atoms with Gasteiger partial charge in [-0.25, -0.2) is 0 Å². The molecule has 0 aliphatic carbocycles. The van der Waals surface area contributed by atoms with Crippen LogP contribution in [0.2, 0.25) is 5.02 Å². The molecule has 16 heavy (non-hydrogen) atoms. The molecule has 0 amide bonds. The Labute approximate surface area is 101 Å². The average Bonchev–Trinajstić information content (AvgIpc) is 2.30. The molecule has 0 bridgehead atoms. The lowest BCUT2D eigenvalue weighted by Crippen LogP contribution is -2.24. The molecule has 0 unspecified atom stereocenters. The minimum atomic E-state index is 0.177. The molecule has 4 heteroatoms. The number of hydrogen-bond acceptors (Lipinski definition) is 3. The number of aliphatic hydroxyl groups is 1. The molecule has 0 heterocycles. The van der Waals surface area contributed by atoms with E-state index >= 15 is 0 Å².